The van der Waals surface area contributed by atoms with Crippen LogP contribution in [0, 0.1) is 12.5 Å². The minimum atomic E-state index is 0.194. The van der Waals surface area contributed by atoms with Gasteiger partial charge in [0, 0.05) is 0 Å². The van der Waals surface area contributed by atoms with Crippen molar-refractivity contribution in [1.82, 2.24) is 0 Å². The lowest BCUT2D eigenvalue weighted by molar-refractivity contribution is -0.122. The molecular weight excluding hydrogens is 272 g/mol. The molecule has 0 atom stereocenters. The summed E-state index contributed by atoms with van der Waals surface area (Å²) >= 11 is 0. The van der Waals surface area contributed by atoms with Crippen molar-refractivity contribution in [3.05, 3.63) is 60.2 Å². The summed E-state index contributed by atoms with van der Waals surface area (Å²) in [5, 5.41) is 0. The molecule has 0 saturated heterocycles. The van der Waals surface area contributed by atoms with Gasteiger partial charge in [-0.1, -0.05) is 80.8 Å². The van der Waals surface area contributed by atoms with Crippen molar-refractivity contribution in [3.8, 4) is 23.7 Å². The molecule has 0 aliphatic carbocycles. The van der Waals surface area contributed by atoms with Gasteiger partial charge in [-0.25, -0.2) is 0 Å². The Kier molecular flexibility index (Phi) is 8.89. The predicted molar refractivity (Wildman–Crippen MR) is 91.1 cm³/mol. The molecule has 22 heavy (non-hydrogen) atoms. The molecule has 114 valence electrons. The van der Waals surface area contributed by atoms with Crippen molar-refractivity contribution < 1.29 is 9.53 Å². The molecule has 0 aliphatic heterocycles. The number of hydrogen-bond donors (Lipinski definition) is 0. The van der Waals surface area contributed by atoms with E-state index in [1.54, 1.807) is 6.11 Å². The van der Waals surface area contributed by atoms with Gasteiger partial charge < -0.3 is 4.74 Å². The van der Waals surface area contributed by atoms with Gasteiger partial charge in [-0.15, -0.1) is 0 Å². The second kappa shape index (κ2) is 11.2. The summed E-state index contributed by atoms with van der Waals surface area (Å²) < 4.78 is 3.68. The Morgan fingerprint density at radius 3 is 2.14 bits per heavy atom. The lowest BCUT2D eigenvalue weighted by atomic mass is 10.0. The van der Waals surface area contributed by atoms with Crippen LogP contribution in [-0.2, 0) is 16.0 Å². The zero-order valence-electron chi connectivity index (χ0n) is 13.0. The highest BCUT2D eigenvalue weighted by molar-refractivity contribution is 5.63. The van der Waals surface area contributed by atoms with Gasteiger partial charge >= 0.3 is 6.47 Å². The number of hydrogen-bond acceptors (Lipinski definition) is 2. The van der Waals surface area contributed by atoms with Crippen LogP contribution in [-0.4, -0.2) is 6.47 Å². The average Bonchev–Trinajstić information content (AvgIpc) is 2.58. The molecule has 0 aromatic heterocycles. The largest absolute Gasteiger partial charge is 0.375 e. The number of benzene rings is 2. The fourth-order valence-electron chi connectivity index (χ4n) is 2.10. The van der Waals surface area contributed by atoms with Crippen molar-refractivity contribution in [2.24, 2.45) is 0 Å². The van der Waals surface area contributed by atoms with Crippen LogP contribution < -0.4 is 0 Å². The van der Waals surface area contributed by atoms with Crippen LogP contribution in [0.2, 0.25) is 0 Å². The van der Waals surface area contributed by atoms with Crippen LogP contribution in [0.1, 0.15) is 31.7 Å². The molecule has 2 nitrogen and oxygen atoms in total. The molecule has 2 aromatic rings. The van der Waals surface area contributed by atoms with Gasteiger partial charge in [-0.2, -0.15) is 0 Å². The summed E-state index contributed by atoms with van der Waals surface area (Å²) in [6.07, 6.45) is 11.2. The normalized spacial score (nSPS) is 9.09. The van der Waals surface area contributed by atoms with Crippen molar-refractivity contribution in [2.45, 2.75) is 32.6 Å². The standard InChI is InChI=1S/C17H20.C3H2O2/c1-2-3-5-8-15-11-13-17(14-12-15)16-9-6-4-7-10-16;1-2-5-3-4/h4,6-7,9-14H,2-3,5,8H2,1H3;1,3H. The van der Waals surface area contributed by atoms with E-state index in [1.807, 2.05) is 0 Å². The maximum Gasteiger partial charge on any atom is 0.307 e. The molecule has 0 N–H and O–H groups in total. The van der Waals surface area contributed by atoms with Gasteiger partial charge in [0.05, 0.1) is 0 Å². The van der Waals surface area contributed by atoms with E-state index in [-0.39, 0.29) is 6.47 Å². The molecule has 0 saturated carbocycles. The highest BCUT2D eigenvalue weighted by Crippen LogP contribution is 2.19. The topological polar surface area (TPSA) is 26.3 Å². The van der Waals surface area contributed by atoms with Crippen LogP contribution in [0.15, 0.2) is 54.6 Å². The highest BCUT2D eigenvalue weighted by atomic mass is 16.5. The number of carbonyl (C=O) groups excluding carboxylic acids is 1. The third-order valence-electron chi connectivity index (χ3n) is 3.25. The second-order valence-corrected chi connectivity index (χ2v) is 4.85. The number of ether oxygens (including phenoxy) is 1. The Labute approximate surface area is 133 Å². The number of rotatable bonds is 6. The maximum atomic E-state index is 9.04. The zero-order chi connectivity index (χ0) is 16.0. The molecule has 0 radical (unpaired) electrons. The summed E-state index contributed by atoms with van der Waals surface area (Å²) in [6, 6.07) is 19.5. The van der Waals surface area contributed by atoms with Crippen molar-refractivity contribution in [1.29, 1.82) is 0 Å². The third kappa shape index (κ3) is 6.76. The summed E-state index contributed by atoms with van der Waals surface area (Å²) in [5.41, 5.74) is 4.07. The van der Waals surface area contributed by atoms with Crippen LogP contribution in [0.5, 0.6) is 0 Å². The first-order chi connectivity index (χ1) is 10.8. The van der Waals surface area contributed by atoms with Crippen LogP contribution in [0.25, 0.3) is 11.1 Å². The molecule has 0 amide bonds. The third-order valence-corrected chi connectivity index (χ3v) is 3.25. The van der Waals surface area contributed by atoms with E-state index >= 15 is 0 Å². The Bertz CT molecular complexity index is 565. The van der Waals surface area contributed by atoms with Gasteiger partial charge in [-0.05, 0) is 29.5 Å². The molecule has 0 heterocycles. The first-order valence-corrected chi connectivity index (χ1v) is 7.51. The molecular formula is C20H22O2. The van der Waals surface area contributed by atoms with Crippen molar-refractivity contribution in [2.75, 3.05) is 0 Å². The van der Waals surface area contributed by atoms with E-state index < -0.39 is 0 Å². The molecule has 0 spiro atoms. The molecule has 0 bridgehead atoms. The molecule has 2 rings (SSSR count). The Hall–Kier alpha value is -2.53. The Morgan fingerprint density at radius 1 is 1.00 bits per heavy atom. The Morgan fingerprint density at radius 2 is 1.64 bits per heavy atom. The number of carbonyl (C=O) groups is 1. The van der Waals surface area contributed by atoms with Gasteiger partial charge in [0.25, 0.3) is 0 Å². The van der Waals surface area contributed by atoms with E-state index in [2.05, 4.69) is 72.7 Å². The van der Waals surface area contributed by atoms with Crippen LogP contribution in [0.3, 0.4) is 0 Å². The van der Waals surface area contributed by atoms with Gasteiger partial charge in [0.1, 0.15) is 6.11 Å². The van der Waals surface area contributed by atoms with Gasteiger partial charge in [-0.3, -0.25) is 4.79 Å². The fourth-order valence-corrected chi connectivity index (χ4v) is 2.10. The van der Waals surface area contributed by atoms with E-state index in [9.17, 15) is 0 Å². The van der Waals surface area contributed by atoms with Crippen LogP contribution >= 0.6 is 0 Å². The monoisotopic (exact) mass is 294 g/mol. The minimum absolute atomic E-state index is 0.194. The smallest absolute Gasteiger partial charge is 0.307 e. The summed E-state index contributed by atoms with van der Waals surface area (Å²) in [7, 11) is 0. The first kappa shape index (κ1) is 17.5. The molecule has 2 heteroatoms. The fraction of sp³-hybridized carbons (Fsp3) is 0.250. The minimum Gasteiger partial charge on any atom is -0.375 e. The van der Waals surface area contributed by atoms with E-state index in [0.717, 1.165) is 0 Å². The lowest BCUT2D eigenvalue weighted by Crippen LogP contribution is -1.85. The first-order valence-electron chi connectivity index (χ1n) is 7.51. The molecule has 2 aromatic carbocycles. The van der Waals surface area contributed by atoms with Crippen molar-refractivity contribution >= 4 is 6.47 Å². The summed E-state index contributed by atoms with van der Waals surface area (Å²) in [5.74, 6) is 0. The van der Waals surface area contributed by atoms with Crippen LogP contribution in [0.4, 0.5) is 0 Å². The van der Waals surface area contributed by atoms with Gasteiger partial charge in [0.2, 0.25) is 0 Å². The number of terminal acetylenes is 1. The lowest BCUT2D eigenvalue weighted by Gasteiger charge is -2.04. The molecule has 0 unspecified atom stereocenters. The Balaban J connectivity index is 0.000000422. The quantitative estimate of drug-likeness (QED) is 0.433. The van der Waals surface area contributed by atoms with E-state index in [0.29, 0.717) is 0 Å². The number of aryl methyl sites for hydroxylation is 1. The number of unbranched alkanes of at least 4 members (excludes halogenated alkanes) is 2. The maximum absolute atomic E-state index is 9.04. The summed E-state index contributed by atoms with van der Waals surface area (Å²) in [6.45, 7) is 2.44. The zero-order valence-corrected chi connectivity index (χ0v) is 13.0. The second-order valence-electron chi connectivity index (χ2n) is 4.85. The SMILES string of the molecule is C#COC=O.CCCCCc1ccc(-c2ccccc2)cc1. The summed E-state index contributed by atoms with van der Waals surface area (Å²) in [4.78, 5) is 9.04. The van der Waals surface area contributed by atoms with Crippen molar-refractivity contribution in [3.63, 3.8) is 0 Å². The van der Waals surface area contributed by atoms with Gasteiger partial charge in [0.15, 0.2) is 0 Å². The van der Waals surface area contributed by atoms with E-state index in [4.69, 9.17) is 4.79 Å². The average molecular weight is 294 g/mol. The highest BCUT2D eigenvalue weighted by Gasteiger charge is 1.97. The molecule has 0 aliphatic rings. The predicted octanol–water partition coefficient (Wildman–Crippen LogP) is 4.84. The van der Waals surface area contributed by atoms with E-state index in [1.165, 1.54) is 42.4 Å². The molecule has 0 fully saturated rings.